The Morgan fingerprint density at radius 3 is 3.00 bits per heavy atom. The number of halogens is 1. The maximum atomic E-state index is 5.42. The molecule has 1 aliphatic heterocycles. The van der Waals surface area contributed by atoms with Gasteiger partial charge in [-0.15, -0.1) is 0 Å². The van der Waals surface area contributed by atoms with Crippen LogP contribution in [0.15, 0.2) is 0 Å². The van der Waals surface area contributed by atoms with Crippen LogP contribution in [0.1, 0.15) is 32.6 Å². The van der Waals surface area contributed by atoms with Gasteiger partial charge in [-0.05, 0) is 18.8 Å². The number of ether oxygens (including phenoxy) is 1. The van der Waals surface area contributed by atoms with E-state index in [-0.39, 0.29) is 0 Å². The highest BCUT2D eigenvalue weighted by Crippen LogP contribution is 2.26. The van der Waals surface area contributed by atoms with E-state index in [9.17, 15) is 0 Å². The summed E-state index contributed by atoms with van der Waals surface area (Å²) in [5.74, 6) is 0.767. The molecule has 11 heavy (non-hydrogen) atoms. The van der Waals surface area contributed by atoms with Crippen LogP contribution in [0, 0.1) is 5.92 Å². The van der Waals surface area contributed by atoms with Crippen molar-refractivity contribution in [1.29, 1.82) is 0 Å². The third kappa shape index (κ3) is 3.12. The summed E-state index contributed by atoms with van der Waals surface area (Å²) in [6.07, 6.45) is 5.16. The van der Waals surface area contributed by atoms with Crippen LogP contribution in [-0.4, -0.2) is 18.0 Å². The summed E-state index contributed by atoms with van der Waals surface area (Å²) < 4.78 is 5.42. The SMILES string of the molecule is CCCCC1COCCC1Br. The van der Waals surface area contributed by atoms with E-state index in [0.29, 0.717) is 4.83 Å². The summed E-state index contributed by atoms with van der Waals surface area (Å²) in [5.41, 5.74) is 0. The van der Waals surface area contributed by atoms with Crippen LogP contribution in [-0.2, 0) is 4.74 Å². The highest BCUT2D eigenvalue weighted by atomic mass is 79.9. The second kappa shape index (κ2) is 5.15. The Balaban J connectivity index is 2.18. The zero-order chi connectivity index (χ0) is 8.10. The van der Waals surface area contributed by atoms with Crippen molar-refractivity contribution in [3.05, 3.63) is 0 Å². The van der Waals surface area contributed by atoms with Crippen molar-refractivity contribution < 1.29 is 4.74 Å². The average Bonchev–Trinajstić information content (AvgIpc) is 2.03. The zero-order valence-corrected chi connectivity index (χ0v) is 8.77. The van der Waals surface area contributed by atoms with Crippen molar-refractivity contribution in [2.75, 3.05) is 13.2 Å². The van der Waals surface area contributed by atoms with E-state index in [1.807, 2.05) is 0 Å². The van der Waals surface area contributed by atoms with E-state index in [4.69, 9.17) is 4.74 Å². The second-order valence-corrected chi connectivity index (χ2v) is 4.46. The van der Waals surface area contributed by atoms with Gasteiger partial charge in [0.15, 0.2) is 0 Å². The van der Waals surface area contributed by atoms with Crippen LogP contribution >= 0.6 is 15.9 Å². The van der Waals surface area contributed by atoms with Crippen LogP contribution < -0.4 is 0 Å². The van der Waals surface area contributed by atoms with Gasteiger partial charge in [0.05, 0.1) is 6.61 Å². The molecule has 1 rings (SSSR count). The summed E-state index contributed by atoms with van der Waals surface area (Å²) in [4.78, 5) is 0.711. The Labute approximate surface area is 77.6 Å². The molecule has 1 aliphatic rings. The van der Waals surface area contributed by atoms with Gasteiger partial charge in [-0.2, -0.15) is 0 Å². The minimum Gasteiger partial charge on any atom is -0.381 e. The Morgan fingerprint density at radius 1 is 1.55 bits per heavy atom. The van der Waals surface area contributed by atoms with Crippen molar-refractivity contribution in [3.8, 4) is 0 Å². The molecular weight excluding hydrogens is 204 g/mol. The normalized spacial score (nSPS) is 32.2. The molecule has 2 unspecified atom stereocenters. The van der Waals surface area contributed by atoms with Crippen LogP contribution in [0.3, 0.4) is 0 Å². The highest BCUT2D eigenvalue weighted by Gasteiger charge is 2.22. The molecule has 0 spiro atoms. The van der Waals surface area contributed by atoms with Crippen LogP contribution in [0.4, 0.5) is 0 Å². The number of rotatable bonds is 3. The predicted octanol–water partition coefficient (Wildman–Crippen LogP) is 2.98. The van der Waals surface area contributed by atoms with E-state index in [1.165, 1.54) is 25.7 Å². The topological polar surface area (TPSA) is 9.23 Å². The molecular formula is C9H17BrO. The molecule has 0 amide bonds. The quantitative estimate of drug-likeness (QED) is 0.665. The van der Waals surface area contributed by atoms with Gasteiger partial charge >= 0.3 is 0 Å². The fourth-order valence-electron chi connectivity index (χ4n) is 1.50. The Bertz CT molecular complexity index is 106. The zero-order valence-electron chi connectivity index (χ0n) is 7.18. The van der Waals surface area contributed by atoms with E-state index >= 15 is 0 Å². The number of unbranched alkanes of at least 4 members (excludes halogenated alkanes) is 1. The maximum Gasteiger partial charge on any atom is 0.0504 e. The molecule has 0 aromatic carbocycles. The molecule has 0 aromatic heterocycles. The molecule has 1 fully saturated rings. The standard InChI is InChI=1S/C9H17BrO/c1-2-3-4-8-7-11-6-5-9(8)10/h8-9H,2-7H2,1H3. The number of alkyl halides is 1. The van der Waals surface area contributed by atoms with Crippen molar-refractivity contribution >= 4 is 15.9 Å². The Hall–Kier alpha value is 0.440. The van der Waals surface area contributed by atoms with Gasteiger partial charge in [-0.1, -0.05) is 35.7 Å². The molecule has 0 N–H and O–H groups in total. The molecule has 1 heterocycles. The first kappa shape index (κ1) is 9.53. The lowest BCUT2D eigenvalue weighted by atomic mass is 9.96. The molecule has 0 saturated carbocycles. The maximum absolute atomic E-state index is 5.42. The lowest BCUT2D eigenvalue weighted by molar-refractivity contribution is 0.0565. The number of hydrogen-bond donors (Lipinski definition) is 0. The summed E-state index contributed by atoms with van der Waals surface area (Å²) in [6, 6.07) is 0. The highest BCUT2D eigenvalue weighted by molar-refractivity contribution is 9.09. The molecule has 0 radical (unpaired) electrons. The van der Waals surface area contributed by atoms with Gasteiger partial charge in [0.1, 0.15) is 0 Å². The predicted molar refractivity (Wildman–Crippen MR) is 51.2 cm³/mol. The first-order valence-corrected chi connectivity index (χ1v) is 5.48. The first-order valence-electron chi connectivity index (χ1n) is 4.56. The third-order valence-corrected chi connectivity index (χ3v) is 3.52. The van der Waals surface area contributed by atoms with E-state index in [1.54, 1.807) is 0 Å². The van der Waals surface area contributed by atoms with E-state index in [2.05, 4.69) is 22.9 Å². The first-order chi connectivity index (χ1) is 5.34. The number of hydrogen-bond acceptors (Lipinski definition) is 1. The summed E-state index contributed by atoms with van der Waals surface area (Å²) in [6.45, 7) is 4.15. The van der Waals surface area contributed by atoms with Crippen molar-refractivity contribution in [2.24, 2.45) is 5.92 Å². The molecule has 66 valence electrons. The van der Waals surface area contributed by atoms with Gasteiger partial charge in [0, 0.05) is 11.4 Å². The second-order valence-electron chi connectivity index (χ2n) is 3.28. The lowest BCUT2D eigenvalue weighted by Crippen LogP contribution is -2.27. The van der Waals surface area contributed by atoms with Crippen LogP contribution in [0.5, 0.6) is 0 Å². The van der Waals surface area contributed by atoms with Crippen molar-refractivity contribution in [3.63, 3.8) is 0 Å². The Kier molecular flexibility index (Phi) is 4.46. The van der Waals surface area contributed by atoms with Crippen LogP contribution in [0.25, 0.3) is 0 Å². The van der Waals surface area contributed by atoms with Gasteiger partial charge in [0.2, 0.25) is 0 Å². The van der Waals surface area contributed by atoms with Gasteiger partial charge in [-0.25, -0.2) is 0 Å². The minimum atomic E-state index is 0.711. The fraction of sp³-hybridized carbons (Fsp3) is 1.00. The average molecular weight is 221 g/mol. The molecule has 2 heteroatoms. The van der Waals surface area contributed by atoms with E-state index in [0.717, 1.165) is 19.1 Å². The van der Waals surface area contributed by atoms with Crippen LogP contribution in [0.2, 0.25) is 0 Å². The van der Waals surface area contributed by atoms with Crippen molar-refractivity contribution in [1.82, 2.24) is 0 Å². The molecule has 0 aromatic rings. The Morgan fingerprint density at radius 2 is 2.36 bits per heavy atom. The fourth-order valence-corrected chi connectivity index (χ4v) is 2.11. The molecule has 0 bridgehead atoms. The third-order valence-electron chi connectivity index (χ3n) is 2.31. The smallest absolute Gasteiger partial charge is 0.0504 e. The minimum absolute atomic E-state index is 0.711. The lowest BCUT2D eigenvalue weighted by Gasteiger charge is -2.27. The monoisotopic (exact) mass is 220 g/mol. The molecule has 1 saturated heterocycles. The largest absolute Gasteiger partial charge is 0.381 e. The van der Waals surface area contributed by atoms with Gasteiger partial charge in [0.25, 0.3) is 0 Å². The molecule has 1 nitrogen and oxygen atoms in total. The summed E-state index contributed by atoms with van der Waals surface area (Å²) >= 11 is 3.70. The van der Waals surface area contributed by atoms with Crippen molar-refractivity contribution in [2.45, 2.75) is 37.4 Å². The van der Waals surface area contributed by atoms with Gasteiger partial charge in [-0.3, -0.25) is 0 Å². The van der Waals surface area contributed by atoms with E-state index < -0.39 is 0 Å². The van der Waals surface area contributed by atoms with Gasteiger partial charge < -0.3 is 4.74 Å². The summed E-state index contributed by atoms with van der Waals surface area (Å²) in [7, 11) is 0. The molecule has 2 atom stereocenters. The molecule has 0 aliphatic carbocycles. The summed E-state index contributed by atoms with van der Waals surface area (Å²) in [5, 5.41) is 0.